The fourth-order valence-corrected chi connectivity index (χ4v) is 4.67. The van der Waals surface area contributed by atoms with Crippen molar-refractivity contribution in [2.24, 2.45) is 5.73 Å². The normalized spacial score (nSPS) is 19.4. The molecule has 9 nitrogen and oxygen atoms in total. The van der Waals surface area contributed by atoms with Crippen LogP contribution in [-0.4, -0.2) is 29.4 Å². The quantitative estimate of drug-likeness (QED) is 0.427. The maximum Gasteiger partial charge on any atom is 0.336 e. The zero-order valence-corrected chi connectivity index (χ0v) is 18.6. The van der Waals surface area contributed by atoms with Gasteiger partial charge in [0.15, 0.2) is 6.61 Å². The molecule has 1 atom stereocenters. The molecule has 174 valence electrons. The Balaban J connectivity index is 1.43. The lowest BCUT2D eigenvalue weighted by molar-refractivity contribution is -0.131. The summed E-state index contributed by atoms with van der Waals surface area (Å²) in [4.78, 5) is 50.5. The van der Waals surface area contributed by atoms with Gasteiger partial charge < -0.3 is 20.2 Å². The van der Waals surface area contributed by atoms with Gasteiger partial charge in [-0.05, 0) is 72.7 Å². The second-order valence-electron chi connectivity index (χ2n) is 8.79. The molecule has 0 radical (unpaired) electrons. The number of carbonyl (C=O) groups excluding carboxylic acids is 3. The van der Waals surface area contributed by atoms with Crippen molar-refractivity contribution in [2.45, 2.75) is 38.3 Å². The largest absolute Gasteiger partial charge is 0.484 e. The van der Waals surface area contributed by atoms with Crippen LogP contribution in [0.5, 0.6) is 5.75 Å². The van der Waals surface area contributed by atoms with Gasteiger partial charge in [0.25, 0.3) is 11.8 Å². The summed E-state index contributed by atoms with van der Waals surface area (Å²) >= 11 is 0. The molecular weight excluding hydrogens is 438 g/mol. The Morgan fingerprint density at radius 2 is 1.82 bits per heavy atom. The van der Waals surface area contributed by atoms with Gasteiger partial charge in [-0.1, -0.05) is 12.1 Å². The van der Waals surface area contributed by atoms with Crippen LogP contribution in [0.2, 0.25) is 0 Å². The summed E-state index contributed by atoms with van der Waals surface area (Å²) in [6.07, 6.45) is 2.93. The number of ether oxygens (including phenoxy) is 1. The highest BCUT2D eigenvalue weighted by atomic mass is 16.5. The van der Waals surface area contributed by atoms with Crippen molar-refractivity contribution in [2.75, 3.05) is 6.61 Å². The molecule has 2 aromatic carbocycles. The molecule has 9 heteroatoms. The monoisotopic (exact) mass is 461 g/mol. The van der Waals surface area contributed by atoms with Crippen LogP contribution in [0, 0.1) is 0 Å². The Labute approximate surface area is 194 Å². The first kappa shape index (κ1) is 21.7. The van der Waals surface area contributed by atoms with Gasteiger partial charge in [-0.25, -0.2) is 9.59 Å². The summed E-state index contributed by atoms with van der Waals surface area (Å²) in [5, 5.41) is 3.49. The van der Waals surface area contributed by atoms with Crippen LogP contribution in [-0.2, 0) is 34.5 Å². The van der Waals surface area contributed by atoms with Crippen molar-refractivity contribution in [3.8, 4) is 5.75 Å². The molecule has 0 unspecified atom stereocenters. The van der Waals surface area contributed by atoms with Gasteiger partial charge in [-0.3, -0.25) is 14.5 Å². The van der Waals surface area contributed by atoms with Crippen LogP contribution in [0.1, 0.15) is 35.6 Å². The molecule has 4 amide bonds. The highest BCUT2D eigenvalue weighted by Crippen LogP contribution is 2.33. The molecule has 2 heterocycles. The topological polar surface area (TPSA) is 132 Å². The number of carbonyl (C=O) groups is 3. The van der Waals surface area contributed by atoms with Gasteiger partial charge in [0.1, 0.15) is 16.9 Å². The van der Waals surface area contributed by atoms with Crippen LogP contribution in [0.4, 0.5) is 4.79 Å². The van der Waals surface area contributed by atoms with Crippen molar-refractivity contribution >= 4 is 28.8 Å². The van der Waals surface area contributed by atoms with Crippen molar-refractivity contribution in [1.82, 2.24) is 10.2 Å². The molecular formula is C25H23N3O6. The molecule has 0 bridgehead atoms. The zero-order chi connectivity index (χ0) is 24.0. The Kier molecular flexibility index (Phi) is 5.11. The minimum Gasteiger partial charge on any atom is -0.484 e. The number of amides is 4. The minimum atomic E-state index is -1.30. The first-order chi connectivity index (χ1) is 16.2. The Hall–Kier alpha value is -4.14. The van der Waals surface area contributed by atoms with Crippen molar-refractivity contribution in [1.29, 1.82) is 0 Å². The number of aryl methyl sites for hydroxylation is 2. The molecule has 2 aliphatic rings. The van der Waals surface area contributed by atoms with Crippen LogP contribution >= 0.6 is 0 Å². The molecule has 1 aromatic heterocycles. The standard InChI is InChI=1S/C25H23N3O6/c1-25(17-5-7-18(8-6-17)33-13-21(26)29)23(31)28(24(32)27-25)12-16-11-22(30)34-20-10-15-4-2-3-14(15)9-19(16)20/h5-11H,2-4,12-13H2,1H3,(H2,26,29)(H,27,32)/t25-/m0/s1. The number of primary amides is 1. The predicted molar refractivity (Wildman–Crippen MR) is 122 cm³/mol. The molecule has 1 aliphatic heterocycles. The molecule has 0 saturated carbocycles. The summed E-state index contributed by atoms with van der Waals surface area (Å²) in [5.74, 6) is -0.627. The first-order valence-electron chi connectivity index (χ1n) is 11.0. The second-order valence-corrected chi connectivity index (χ2v) is 8.79. The van der Waals surface area contributed by atoms with Gasteiger partial charge in [0.05, 0.1) is 6.54 Å². The number of hydrogen-bond donors (Lipinski definition) is 2. The predicted octanol–water partition coefficient (Wildman–Crippen LogP) is 2.11. The first-order valence-corrected chi connectivity index (χ1v) is 11.0. The Morgan fingerprint density at radius 3 is 2.53 bits per heavy atom. The third kappa shape index (κ3) is 3.68. The lowest BCUT2D eigenvalue weighted by Crippen LogP contribution is -2.40. The summed E-state index contributed by atoms with van der Waals surface area (Å²) < 4.78 is 10.7. The smallest absolute Gasteiger partial charge is 0.336 e. The van der Waals surface area contributed by atoms with E-state index in [-0.39, 0.29) is 13.2 Å². The molecule has 1 saturated heterocycles. The van der Waals surface area contributed by atoms with E-state index in [1.165, 1.54) is 17.2 Å². The molecule has 0 spiro atoms. The maximum atomic E-state index is 13.4. The number of nitrogens with one attached hydrogen (secondary N) is 1. The van der Waals surface area contributed by atoms with E-state index in [0.29, 0.717) is 22.5 Å². The Morgan fingerprint density at radius 1 is 1.12 bits per heavy atom. The average Bonchev–Trinajstić information content (AvgIpc) is 3.34. The van der Waals surface area contributed by atoms with E-state index in [0.717, 1.165) is 29.5 Å². The van der Waals surface area contributed by atoms with Gasteiger partial charge in [-0.15, -0.1) is 0 Å². The molecule has 1 aliphatic carbocycles. The number of rotatable bonds is 6. The summed E-state index contributed by atoms with van der Waals surface area (Å²) in [5.41, 5.74) is 7.20. The number of hydrogen-bond acceptors (Lipinski definition) is 6. The lowest BCUT2D eigenvalue weighted by atomic mass is 9.92. The molecule has 5 rings (SSSR count). The fraction of sp³-hybridized carbons (Fsp3) is 0.280. The lowest BCUT2D eigenvalue weighted by Gasteiger charge is -2.22. The SMILES string of the molecule is C[C@@]1(c2ccc(OCC(N)=O)cc2)NC(=O)N(Cc2cc(=O)oc3cc4c(cc23)CCC4)C1=O. The van der Waals surface area contributed by atoms with Crippen LogP contribution in [0.15, 0.2) is 51.7 Å². The van der Waals surface area contributed by atoms with Crippen molar-refractivity contribution in [3.05, 3.63) is 75.1 Å². The zero-order valence-electron chi connectivity index (χ0n) is 18.6. The third-order valence-electron chi connectivity index (χ3n) is 6.46. The number of nitrogens with zero attached hydrogens (tertiary/aromatic N) is 1. The van der Waals surface area contributed by atoms with E-state index in [9.17, 15) is 19.2 Å². The summed E-state index contributed by atoms with van der Waals surface area (Å²) in [6, 6.07) is 11.2. The molecule has 1 fully saturated rings. The van der Waals surface area contributed by atoms with E-state index in [1.54, 1.807) is 31.2 Å². The van der Waals surface area contributed by atoms with Gasteiger partial charge in [0.2, 0.25) is 0 Å². The number of urea groups is 1. The molecule has 34 heavy (non-hydrogen) atoms. The van der Waals surface area contributed by atoms with Crippen molar-refractivity contribution in [3.63, 3.8) is 0 Å². The van der Waals surface area contributed by atoms with Crippen LogP contribution in [0.3, 0.4) is 0 Å². The average molecular weight is 461 g/mol. The van der Waals surface area contributed by atoms with Crippen molar-refractivity contribution < 1.29 is 23.5 Å². The fourth-order valence-electron chi connectivity index (χ4n) is 4.67. The summed E-state index contributed by atoms with van der Waals surface area (Å²) in [6.45, 7) is 1.31. The van der Waals surface area contributed by atoms with E-state index < -0.39 is 29.0 Å². The third-order valence-corrected chi connectivity index (χ3v) is 6.46. The molecule has 3 N–H and O–H groups in total. The van der Waals surface area contributed by atoms with Crippen LogP contribution < -0.4 is 21.4 Å². The summed E-state index contributed by atoms with van der Waals surface area (Å²) in [7, 11) is 0. The maximum absolute atomic E-state index is 13.4. The number of nitrogens with two attached hydrogens (primary N) is 1. The molecule has 3 aromatic rings. The number of imide groups is 1. The van der Waals surface area contributed by atoms with E-state index in [2.05, 4.69) is 5.32 Å². The number of fused-ring (bicyclic) bond motifs is 2. The van der Waals surface area contributed by atoms with E-state index in [4.69, 9.17) is 14.9 Å². The van der Waals surface area contributed by atoms with Gasteiger partial charge >= 0.3 is 11.7 Å². The van der Waals surface area contributed by atoms with E-state index in [1.807, 2.05) is 12.1 Å². The van der Waals surface area contributed by atoms with Gasteiger partial charge in [0, 0.05) is 11.5 Å². The second kappa shape index (κ2) is 8.02. The highest BCUT2D eigenvalue weighted by molar-refractivity contribution is 6.07. The minimum absolute atomic E-state index is 0.0546. The van der Waals surface area contributed by atoms with E-state index >= 15 is 0 Å². The number of benzene rings is 2. The van der Waals surface area contributed by atoms with Crippen LogP contribution in [0.25, 0.3) is 11.0 Å². The highest BCUT2D eigenvalue weighted by Gasteiger charge is 2.49. The van der Waals surface area contributed by atoms with Gasteiger partial charge in [-0.2, -0.15) is 0 Å². The Bertz CT molecular complexity index is 1390.